The molecule has 1 unspecified atom stereocenters. The minimum atomic E-state index is -0.252. The van der Waals surface area contributed by atoms with Crippen molar-refractivity contribution in [3.63, 3.8) is 0 Å². The third kappa shape index (κ3) is 5.10. The topological polar surface area (TPSA) is 97.8 Å². The third-order valence-corrected chi connectivity index (χ3v) is 6.03. The number of rotatable bonds is 7. The summed E-state index contributed by atoms with van der Waals surface area (Å²) in [7, 11) is 3.20. The minimum absolute atomic E-state index is 0.0177. The predicted molar refractivity (Wildman–Crippen MR) is 138 cm³/mol. The van der Waals surface area contributed by atoms with Crippen LogP contribution in [0.3, 0.4) is 0 Å². The molecule has 1 saturated heterocycles. The summed E-state index contributed by atoms with van der Waals surface area (Å²) in [5.74, 6) is 3.50. The summed E-state index contributed by atoms with van der Waals surface area (Å²) in [5.41, 5.74) is 1.46. The van der Waals surface area contributed by atoms with Crippen LogP contribution in [0.1, 0.15) is 6.42 Å². The van der Waals surface area contributed by atoms with E-state index in [9.17, 15) is 4.79 Å². The Morgan fingerprint density at radius 2 is 1.67 bits per heavy atom. The largest absolute Gasteiger partial charge is 0.493 e. The number of nitrogens with zero attached hydrogens (tertiary/aromatic N) is 3. The smallest absolute Gasteiger partial charge is 0.319 e. The molecular formula is C27H27N5O4. The van der Waals surface area contributed by atoms with Crippen molar-refractivity contribution in [2.45, 2.75) is 12.5 Å². The number of methoxy groups -OCH3 is 2. The Bertz CT molecular complexity index is 1350. The highest BCUT2D eigenvalue weighted by Crippen LogP contribution is 2.35. The van der Waals surface area contributed by atoms with Crippen LogP contribution in [0.25, 0.3) is 10.9 Å². The molecule has 2 amide bonds. The second-order valence-corrected chi connectivity index (χ2v) is 8.39. The number of aromatic nitrogens is 2. The predicted octanol–water partition coefficient (Wildman–Crippen LogP) is 4.84. The van der Waals surface area contributed by atoms with E-state index in [2.05, 4.69) is 25.5 Å². The van der Waals surface area contributed by atoms with Crippen molar-refractivity contribution in [2.24, 2.45) is 0 Å². The maximum absolute atomic E-state index is 12.6. The van der Waals surface area contributed by atoms with E-state index in [4.69, 9.17) is 14.2 Å². The van der Waals surface area contributed by atoms with Crippen LogP contribution in [0.5, 0.6) is 23.0 Å². The van der Waals surface area contributed by atoms with Gasteiger partial charge in [0, 0.05) is 36.3 Å². The fourth-order valence-corrected chi connectivity index (χ4v) is 4.28. The van der Waals surface area contributed by atoms with Crippen molar-refractivity contribution in [1.82, 2.24) is 15.3 Å². The van der Waals surface area contributed by atoms with Gasteiger partial charge in [-0.05, 0) is 48.9 Å². The Hall–Kier alpha value is -4.53. The molecule has 0 spiro atoms. The number of ether oxygens (including phenoxy) is 3. The van der Waals surface area contributed by atoms with Gasteiger partial charge in [-0.3, -0.25) is 0 Å². The van der Waals surface area contributed by atoms with Gasteiger partial charge < -0.3 is 29.7 Å². The van der Waals surface area contributed by atoms with Crippen molar-refractivity contribution in [3.8, 4) is 23.0 Å². The summed E-state index contributed by atoms with van der Waals surface area (Å²) < 4.78 is 16.6. The molecule has 36 heavy (non-hydrogen) atoms. The van der Waals surface area contributed by atoms with Gasteiger partial charge in [-0.2, -0.15) is 0 Å². The molecule has 9 heteroatoms. The van der Waals surface area contributed by atoms with E-state index in [0.29, 0.717) is 29.5 Å². The Balaban J connectivity index is 1.20. The minimum Gasteiger partial charge on any atom is -0.493 e. The summed E-state index contributed by atoms with van der Waals surface area (Å²) in [4.78, 5) is 23.7. The molecule has 0 aliphatic carbocycles. The van der Waals surface area contributed by atoms with Crippen LogP contribution in [0.4, 0.5) is 16.3 Å². The molecular weight excluding hydrogens is 458 g/mol. The van der Waals surface area contributed by atoms with Crippen molar-refractivity contribution >= 4 is 28.4 Å². The number of hydrogen-bond donors (Lipinski definition) is 2. The molecule has 1 atom stereocenters. The molecule has 1 aromatic heterocycles. The summed E-state index contributed by atoms with van der Waals surface area (Å²) in [5, 5.41) is 6.82. The number of para-hydroxylation sites is 1. The molecule has 1 aliphatic rings. The Labute approximate surface area is 209 Å². The van der Waals surface area contributed by atoms with Crippen LogP contribution < -0.4 is 29.7 Å². The van der Waals surface area contributed by atoms with Crippen LogP contribution >= 0.6 is 0 Å². The summed E-state index contributed by atoms with van der Waals surface area (Å²) in [6, 6.07) is 20.3. The van der Waals surface area contributed by atoms with Gasteiger partial charge in [0.2, 0.25) is 0 Å². The lowest BCUT2D eigenvalue weighted by Crippen LogP contribution is -2.39. The Morgan fingerprint density at radius 1 is 0.944 bits per heavy atom. The lowest BCUT2D eigenvalue weighted by Gasteiger charge is -2.20. The normalized spacial score (nSPS) is 14.9. The second kappa shape index (κ2) is 10.4. The van der Waals surface area contributed by atoms with Crippen LogP contribution in [-0.2, 0) is 0 Å². The molecule has 2 N–H and O–H groups in total. The summed E-state index contributed by atoms with van der Waals surface area (Å²) in [6.07, 6.45) is 2.35. The third-order valence-electron chi connectivity index (χ3n) is 6.03. The molecule has 0 saturated carbocycles. The van der Waals surface area contributed by atoms with Crippen LogP contribution in [0.2, 0.25) is 0 Å². The number of benzene rings is 3. The van der Waals surface area contributed by atoms with Gasteiger partial charge in [-0.25, -0.2) is 14.8 Å². The first-order valence-electron chi connectivity index (χ1n) is 11.6. The highest BCUT2D eigenvalue weighted by Gasteiger charge is 2.26. The molecule has 3 aromatic carbocycles. The zero-order valence-electron chi connectivity index (χ0n) is 20.1. The van der Waals surface area contributed by atoms with Crippen molar-refractivity contribution in [2.75, 3.05) is 37.5 Å². The number of anilines is 2. The van der Waals surface area contributed by atoms with E-state index in [1.165, 1.54) is 0 Å². The van der Waals surface area contributed by atoms with Gasteiger partial charge >= 0.3 is 6.03 Å². The summed E-state index contributed by atoms with van der Waals surface area (Å²) in [6.45, 7) is 1.40. The number of carbonyl (C=O) groups excluding carboxylic acids is 1. The highest BCUT2D eigenvalue weighted by atomic mass is 16.5. The molecule has 184 valence electrons. The Morgan fingerprint density at radius 3 is 2.42 bits per heavy atom. The van der Waals surface area contributed by atoms with E-state index in [1.807, 2.05) is 66.7 Å². The average molecular weight is 486 g/mol. The van der Waals surface area contributed by atoms with Gasteiger partial charge in [0.15, 0.2) is 11.5 Å². The Kier molecular flexibility index (Phi) is 6.70. The van der Waals surface area contributed by atoms with Gasteiger partial charge in [-0.15, -0.1) is 0 Å². The van der Waals surface area contributed by atoms with E-state index in [-0.39, 0.29) is 12.1 Å². The lowest BCUT2D eigenvalue weighted by molar-refractivity contribution is 0.249. The maximum Gasteiger partial charge on any atom is 0.319 e. The van der Waals surface area contributed by atoms with E-state index < -0.39 is 0 Å². The second-order valence-electron chi connectivity index (χ2n) is 8.39. The molecule has 0 bridgehead atoms. The van der Waals surface area contributed by atoms with Crippen molar-refractivity contribution in [3.05, 3.63) is 73.1 Å². The van der Waals surface area contributed by atoms with Crippen molar-refractivity contribution in [1.29, 1.82) is 0 Å². The van der Waals surface area contributed by atoms with Gasteiger partial charge in [-0.1, -0.05) is 18.2 Å². The van der Waals surface area contributed by atoms with E-state index in [0.717, 1.165) is 35.4 Å². The van der Waals surface area contributed by atoms with Crippen LogP contribution in [0, 0.1) is 0 Å². The molecule has 9 nitrogen and oxygen atoms in total. The van der Waals surface area contributed by atoms with E-state index >= 15 is 0 Å². The fourth-order valence-electron chi connectivity index (χ4n) is 4.28. The van der Waals surface area contributed by atoms with E-state index in [1.54, 1.807) is 20.5 Å². The molecule has 2 heterocycles. The number of urea groups is 1. The van der Waals surface area contributed by atoms with Gasteiger partial charge in [0.05, 0.1) is 19.7 Å². The van der Waals surface area contributed by atoms with Crippen LogP contribution in [0.15, 0.2) is 73.1 Å². The molecule has 4 aromatic rings. The number of carbonyl (C=O) groups is 1. The molecule has 1 fully saturated rings. The fraction of sp³-hybridized carbons (Fsp3) is 0.222. The standard InChI is InChI=1S/C27H27N5O4/c1-34-24-14-22-23(15-25(24)35-2)28-17-29-26(22)32-13-12-19(16-32)31-27(33)30-18-8-10-21(11-9-18)36-20-6-4-3-5-7-20/h3-11,14-15,17,19H,12-13,16H2,1-2H3,(H2,30,31,33). The summed E-state index contributed by atoms with van der Waals surface area (Å²) >= 11 is 0. The molecule has 0 radical (unpaired) electrons. The average Bonchev–Trinajstić information content (AvgIpc) is 3.37. The molecule has 1 aliphatic heterocycles. The maximum atomic E-state index is 12.6. The first-order valence-corrected chi connectivity index (χ1v) is 11.6. The van der Waals surface area contributed by atoms with Gasteiger partial charge in [0.25, 0.3) is 0 Å². The first kappa shape index (κ1) is 23.2. The molecule has 5 rings (SSSR count). The zero-order valence-corrected chi connectivity index (χ0v) is 20.1. The highest BCUT2D eigenvalue weighted by molar-refractivity contribution is 5.92. The lowest BCUT2D eigenvalue weighted by atomic mass is 10.2. The monoisotopic (exact) mass is 485 g/mol. The number of nitrogens with one attached hydrogen (secondary N) is 2. The quantitative estimate of drug-likeness (QED) is 0.387. The van der Waals surface area contributed by atoms with Crippen LogP contribution in [-0.4, -0.2) is 49.4 Å². The number of amides is 2. The first-order chi connectivity index (χ1) is 17.6. The number of fused-ring (bicyclic) bond motifs is 1. The van der Waals surface area contributed by atoms with Gasteiger partial charge in [0.1, 0.15) is 23.6 Å². The number of hydrogen-bond acceptors (Lipinski definition) is 7. The SMILES string of the molecule is COc1cc2ncnc(N3CCC(NC(=O)Nc4ccc(Oc5ccccc5)cc4)C3)c2cc1OC. The van der Waals surface area contributed by atoms with Crippen molar-refractivity contribution < 1.29 is 19.0 Å². The zero-order chi connectivity index (χ0) is 24.9.